The highest BCUT2D eigenvalue weighted by Gasteiger charge is 2.48. The van der Waals surface area contributed by atoms with Gasteiger partial charge in [0.2, 0.25) is 5.91 Å². The minimum atomic E-state index is 0.159. The van der Waals surface area contributed by atoms with Crippen LogP contribution in [-0.4, -0.2) is 44.3 Å². The maximum absolute atomic E-state index is 12.4. The highest BCUT2D eigenvalue weighted by atomic mass is 16.2. The molecule has 2 aliphatic rings. The average molecular weight is 284 g/mol. The van der Waals surface area contributed by atoms with Gasteiger partial charge in [-0.05, 0) is 6.42 Å². The fourth-order valence-electron chi connectivity index (χ4n) is 3.44. The Balaban J connectivity index is 1.64. The van der Waals surface area contributed by atoms with Crippen LogP contribution in [0.25, 0.3) is 0 Å². The zero-order valence-electron chi connectivity index (χ0n) is 11.8. The van der Waals surface area contributed by atoms with E-state index in [9.17, 15) is 4.79 Å². The van der Waals surface area contributed by atoms with Gasteiger partial charge in [0.25, 0.3) is 0 Å². The summed E-state index contributed by atoms with van der Waals surface area (Å²) < 4.78 is 1.73. The van der Waals surface area contributed by atoms with Crippen molar-refractivity contribution in [3.05, 3.63) is 31.0 Å². The molecule has 7 heteroatoms. The third kappa shape index (κ3) is 1.88. The molecule has 0 radical (unpaired) electrons. The lowest BCUT2D eigenvalue weighted by Gasteiger charge is -2.24. The molecule has 21 heavy (non-hydrogen) atoms. The summed E-state index contributed by atoms with van der Waals surface area (Å²) in [4.78, 5) is 25.0. The van der Waals surface area contributed by atoms with Crippen LogP contribution in [0.4, 0.5) is 11.5 Å². The number of anilines is 2. The summed E-state index contributed by atoms with van der Waals surface area (Å²) in [6.45, 7) is 0.901. The van der Waals surface area contributed by atoms with Gasteiger partial charge in [-0.3, -0.25) is 14.5 Å². The molecule has 4 rings (SSSR count). The van der Waals surface area contributed by atoms with Crippen molar-refractivity contribution in [1.82, 2.24) is 19.7 Å². The van der Waals surface area contributed by atoms with Gasteiger partial charge in [0.15, 0.2) is 0 Å². The zero-order valence-corrected chi connectivity index (χ0v) is 11.8. The van der Waals surface area contributed by atoms with Gasteiger partial charge in [0.1, 0.15) is 5.82 Å². The Labute approximate surface area is 122 Å². The summed E-state index contributed by atoms with van der Waals surface area (Å²) in [5.74, 6) is 1.01. The minimum absolute atomic E-state index is 0.159. The van der Waals surface area contributed by atoms with Crippen molar-refractivity contribution in [2.45, 2.75) is 24.9 Å². The molecule has 2 fully saturated rings. The summed E-state index contributed by atoms with van der Waals surface area (Å²) >= 11 is 0. The first-order valence-corrected chi connectivity index (χ1v) is 7.07. The summed E-state index contributed by atoms with van der Waals surface area (Å²) in [5.41, 5.74) is 0.885. The smallest absolute Gasteiger partial charge is 0.229 e. The Kier molecular flexibility index (Phi) is 2.66. The quantitative estimate of drug-likeness (QED) is 0.807. The molecule has 2 atom stereocenters. The molecule has 2 saturated heterocycles. The lowest BCUT2D eigenvalue weighted by Crippen LogP contribution is -2.37. The lowest BCUT2D eigenvalue weighted by atomic mass is 10.1. The van der Waals surface area contributed by atoms with E-state index < -0.39 is 0 Å². The van der Waals surface area contributed by atoms with Crippen LogP contribution in [-0.2, 0) is 11.8 Å². The number of rotatable bonds is 2. The maximum atomic E-state index is 12.4. The SMILES string of the molecule is Cn1cc(N2C(=O)C[C@@H]3[C@H]2CCN3c2cnccn2)cn1. The largest absolute Gasteiger partial charge is 0.350 e. The normalized spacial score (nSPS) is 24.7. The second-order valence-corrected chi connectivity index (χ2v) is 5.52. The number of fused-ring (bicyclic) bond motifs is 1. The Morgan fingerprint density at radius 2 is 2.14 bits per heavy atom. The molecule has 0 bridgehead atoms. The lowest BCUT2D eigenvalue weighted by molar-refractivity contribution is -0.117. The number of hydrogen-bond acceptors (Lipinski definition) is 5. The van der Waals surface area contributed by atoms with Crippen LogP contribution in [0, 0.1) is 0 Å². The molecule has 2 aliphatic heterocycles. The maximum Gasteiger partial charge on any atom is 0.229 e. The van der Waals surface area contributed by atoms with Gasteiger partial charge >= 0.3 is 0 Å². The minimum Gasteiger partial charge on any atom is -0.350 e. The van der Waals surface area contributed by atoms with E-state index in [4.69, 9.17) is 0 Å². The number of nitrogens with zero attached hydrogens (tertiary/aromatic N) is 6. The highest BCUT2D eigenvalue weighted by molar-refractivity contribution is 5.97. The highest BCUT2D eigenvalue weighted by Crippen LogP contribution is 2.37. The second kappa shape index (κ2) is 4.54. The number of hydrogen-bond donors (Lipinski definition) is 0. The molecule has 4 heterocycles. The Hall–Kier alpha value is -2.44. The second-order valence-electron chi connectivity index (χ2n) is 5.52. The van der Waals surface area contributed by atoms with Crippen LogP contribution >= 0.6 is 0 Å². The fraction of sp³-hybridized carbons (Fsp3) is 0.429. The van der Waals surface area contributed by atoms with E-state index in [0.717, 1.165) is 24.5 Å². The van der Waals surface area contributed by atoms with E-state index in [1.807, 2.05) is 18.1 Å². The Morgan fingerprint density at radius 1 is 1.24 bits per heavy atom. The summed E-state index contributed by atoms with van der Waals surface area (Å²) in [7, 11) is 1.86. The van der Waals surface area contributed by atoms with E-state index in [1.165, 1.54) is 0 Å². The van der Waals surface area contributed by atoms with Crippen molar-refractivity contribution in [3.63, 3.8) is 0 Å². The van der Waals surface area contributed by atoms with Crippen molar-refractivity contribution in [2.24, 2.45) is 7.05 Å². The summed E-state index contributed by atoms with van der Waals surface area (Å²) in [6.07, 6.45) is 10.2. The van der Waals surface area contributed by atoms with E-state index in [-0.39, 0.29) is 18.0 Å². The van der Waals surface area contributed by atoms with Gasteiger partial charge in [-0.15, -0.1) is 0 Å². The standard InChI is InChI=1S/C14H16N6O/c1-18-9-10(7-17-18)20-11-2-5-19(12(11)6-14(20)21)13-8-15-3-4-16-13/h3-4,7-9,11-12H,2,5-6H2,1H3/t11-,12-/m1/s1. The van der Waals surface area contributed by atoms with Crippen LogP contribution in [0.2, 0.25) is 0 Å². The molecule has 2 aromatic heterocycles. The average Bonchev–Trinajstić information content (AvgIpc) is 3.15. The van der Waals surface area contributed by atoms with Gasteiger partial charge in [-0.2, -0.15) is 5.10 Å². The first kappa shape index (κ1) is 12.3. The van der Waals surface area contributed by atoms with Crippen molar-refractivity contribution in [1.29, 1.82) is 0 Å². The third-order valence-electron chi connectivity index (χ3n) is 4.31. The van der Waals surface area contributed by atoms with Gasteiger partial charge in [0.05, 0.1) is 30.2 Å². The van der Waals surface area contributed by atoms with Crippen LogP contribution in [0.1, 0.15) is 12.8 Å². The van der Waals surface area contributed by atoms with Crippen LogP contribution in [0.5, 0.6) is 0 Å². The molecule has 7 nitrogen and oxygen atoms in total. The molecule has 0 saturated carbocycles. The zero-order chi connectivity index (χ0) is 14.4. The molecule has 0 unspecified atom stereocenters. The number of carbonyl (C=O) groups is 1. The van der Waals surface area contributed by atoms with Gasteiger partial charge in [-0.25, -0.2) is 4.98 Å². The fourth-order valence-corrected chi connectivity index (χ4v) is 3.44. The van der Waals surface area contributed by atoms with Gasteiger partial charge in [-0.1, -0.05) is 0 Å². The number of amides is 1. The first-order chi connectivity index (χ1) is 10.2. The molecule has 0 N–H and O–H groups in total. The molecule has 2 aromatic rings. The Bertz CT molecular complexity index is 669. The predicted octanol–water partition coefficient (Wildman–Crippen LogP) is 0.594. The molecular weight excluding hydrogens is 268 g/mol. The number of aromatic nitrogens is 4. The monoisotopic (exact) mass is 284 g/mol. The van der Waals surface area contributed by atoms with E-state index in [2.05, 4.69) is 20.0 Å². The predicted molar refractivity (Wildman–Crippen MR) is 76.9 cm³/mol. The summed E-state index contributed by atoms with van der Waals surface area (Å²) in [5, 5.41) is 4.17. The Morgan fingerprint density at radius 3 is 2.86 bits per heavy atom. The van der Waals surface area contributed by atoms with Crippen LogP contribution in [0.3, 0.4) is 0 Å². The topological polar surface area (TPSA) is 67.2 Å². The van der Waals surface area contributed by atoms with Crippen molar-refractivity contribution in [2.75, 3.05) is 16.3 Å². The van der Waals surface area contributed by atoms with E-state index in [0.29, 0.717) is 6.42 Å². The molecule has 0 aliphatic carbocycles. The van der Waals surface area contributed by atoms with Gasteiger partial charge in [0, 0.05) is 38.6 Å². The molecule has 108 valence electrons. The van der Waals surface area contributed by atoms with Crippen LogP contribution in [0.15, 0.2) is 31.0 Å². The van der Waals surface area contributed by atoms with Crippen molar-refractivity contribution < 1.29 is 4.79 Å². The first-order valence-electron chi connectivity index (χ1n) is 7.07. The molecule has 1 amide bonds. The number of aryl methyl sites for hydroxylation is 1. The number of carbonyl (C=O) groups excluding carboxylic acids is 1. The van der Waals surface area contributed by atoms with Crippen molar-refractivity contribution >= 4 is 17.4 Å². The molecule has 0 aromatic carbocycles. The van der Waals surface area contributed by atoms with Gasteiger partial charge < -0.3 is 9.80 Å². The van der Waals surface area contributed by atoms with Crippen molar-refractivity contribution in [3.8, 4) is 0 Å². The van der Waals surface area contributed by atoms with Crippen LogP contribution < -0.4 is 9.80 Å². The van der Waals surface area contributed by atoms with E-state index in [1.54, 1.807) is 29.5 Å². The molecule has 0 spiro atoms. The summed E-state index contributed by atoms with van der Waals surface area (Å²) in [6, 6.07) is 0.373. The third-order valence-corrected chi connectivity index (χ3v) is 4.31. The van der Waals surface area contributed by atoms with E-state index >= 15 is 0 Å². The molecular formula is C14H16N6O.